The minimum Gasteiger partial charge on any atom is -0.493 e. The molecule has 0 fully saturated rings. The summed E-state index contributed by atoms with van der Waals surface area (Å²) in [6.07, 6.45) is 0. The number of carbonyl (C=O) groups excluding carboxylic acids is 1. The van der Waals surface area contributed by atoms with Crippen molar-refractivity contribution in [3.05, 3.63) is 51.0 Å². The Morgan fingerprint density at radius 1 is 1.18 bits per heavy atom. The number of hydrogen-bond donors (Lipinski definition) is 1. The molecule has 0 aliphatic carbocycles. The molecule has 2 rings (SSSR count). The molecule has 0 bridgehead atoms. The highest BCUT2D eigenvalue weighted by Crippen LogP contribution is 2.36. The molecule has 0 aliphatic heterocycles. The van der Waals surface area contributed by atoms with Gasteiger partial charge in [0.15, 0.2) is 11.5 Å². The molecule has 0 atom stereocenters. The lowest BCUT2D eigenvalue weighted by Crippen LogP contribution is -2.13. The average molecular weight is 385 g/mol. The second-order valence-corrected chi connectivity index (χ2v) is 5.93. The first kappa shape index (κ1) is 16.6. The maximum absolute atomic E-state index is 12.4. The van der Waals surface area contributed by atoms with Crippen molar-refractivity contribution in [2.24, 2.45) is 0 Å². The summed E-state index contributed by atoms with van der Waals surface area (Å²) in [5.41, 5.74) is 2.08. The van der Waals surface area contributed by atoms with E-state index >= 15 is 0 Å². The van der Waals surface area contributed by atoms with Crippen LogP contribution in [0.5, 0.6) is 11.5 Å². The zero-order chi connectivity index (χ0) is 16.3. The summed E-state index contributed by atoms with van der Waals surface area (Å²) < 4.78 is 11.3. The van der Waals surface area contributed by atoms with E-state index in [1.807, 2.05) is 25.1 Å². The van der Waals surface area contributed by atoms with Crippen LogP contribution in [0, 0.1) is 6.92 Å². The number of methoxy groups -OCH3 is 2. The topological polar surface area (TPSA) is 47.6 Å². The number of anilines is 1. The van der Waals surface area contributed by atoms with E-state index in [4.69, 9.17) is 21.1 Å². The summed E-state index contributed by atoms with van der Waals surface area (Å²) in [5.74, 6) is 0.543. The van der Waals surface area contributed by atoms with E-state index in [1.165, 1.54) is 14.2 Å². The van der Waals surface area contributed by atoms with Crippen LogP contribution in [0.3, 0.4) is 0 Å². The lowest BCUT2D eigenvalue weighted by atomic mass is 10.1. The molecular formula is C16H15BrClNO3. The van der Waals surface area contributed by atoms with Gasteiger partial charge in [0.05, 0.1) is 19.2 Å². The van der Waals surface area contributed by atoms with Crippen LogP contribution in [0.15, 0.2) is 34.8 Å². The minimum atomic E-state index is -0.270. The fourth-order valence-corrected chi connectivity index (χ4v) is 2.77. The zero-order valence-corrected chi connectivity index (χ0v) is 14.7. The smallest absolute Gasteiger partial charge is 0.255 e. The van der Waals surface area contributed by atoms with Crippen molar-refractivity contribution in [1.29, 1.82) is 0 Å². The number of ether oxygens (including phenoxy) is 2. The van der Waals surface area contributed by atoms with Gasteiger partial charge in [0.25, 0.3) is 5.91 Å². The molecule has 22 heavy (non-hydrogen) atoms. The van der Waals surface area contributed by atoms with Crippen LogP contribution in [0.1, 0.15) is 15.9 Å². The molecule has 1 amide bonds. The third kappa shape index (κ3) is 3.54. The highest BCUT2D eigenvalue weighted by atomic mass is 79.9. The van der Waals surface area contributed by atoms with Crippen LogP contribution in [0.2, 0.25) is 5.02 Å². The largest absolute Gasteiger partial charge is 0.493 e. The van der Waals surface area contributed by atoms with E-state index in [1.54, 1.807) is 12.1 Å². The highest BCUT2D eigenvalue weighted by Gasteiger charge is 2.15. The third-order valence-electron chi connectivity index (χ3n) is 3.13. The van der Waals surface area contributed by atoms with Gasteiger partial charge in [-0.3, -0.25) is 4.79 Å². The lowest BCUT2D eigenvalue weighted by Gasteiger charge is -2.13. The van der Waals surface area contributed by atoms with E-state index in [0.29, 0.717) is 22.1 Å². The van der Waals surface area contributed by atoms with Crippen LogP contribution in [0.4, 0.5) is 5.69 Å². The summed E-state index contributed by atoms with van der Waals surface area (Å²) in [6.45, 7) is 1.92. The molecule has 2 aromatic rings. The molecular weight excluding hydrogens is 370 g/mol. The van der Waals surface area contributed by atoms with E-state index < -0.39 is 0 Å². The van der Waals surface area contributed by atoms with E-state index in [0.717, 1.165) is 15.7 Å². The molecule has 0 aromatic heterocycles. The molecule has 0 unspecified atom stereocenters. The number of hydrogen-bond acceptors (Lipinski definition) is 3. The molecule has 4 nitrogen and oxygen atoms in total. The predicted molar refractivity (Wildman–Crippen MR) is 91.4 cm³/mol. The van der Waals surface area contributed by atoms with Crippen LogP contribution >= 0.6 is 27.5 Å². The first-order valence-electron chi connectivity index (χ1n) is 6.45. The van der Waals surface area contributed by atoms with Gasteiger partial charge in [0, 0.05) is 15.7 Å². The molecule has 0 heterocycles. The lowest BCUT2D eigenvalue weighted by molar-refractivity contribution is 0.102. The Hall–Kier alpha value is -1.72. The molecule has 0 radical (unpaired) electrons. The first-order valence-corrected chi connectivity index (χ1v) is 7.62. The third-order valence-corrected chi connectivity index (χ3v) is 3.91. The Balaban J connectivity index is 2.31. The summed E-state index contributed by atoms with van der Waals surface area (Å²) in [4.78, 5) is 12.4. The van der Waals surface area contributed by atoms with Crippen molar-refractivity contribution in [1.82, 2.24) is 0 Å². The van der Waals surface area contributed by atoms with Gasteiger partial charge in [-0.25, -0.2) is 0 Å². The zero-order valence-electron chi connectivity index (χ0n) is 12.4. The normalized spacial score (nSPS) is 10.2. The molecule has 116 valence electrons. The number of amides is 1. The molecule has 0 saturated carbocycles. The Bertz CT molecular complexity index is 719. The quantitative estimate of drug-likeness (QED) is 0.832. The van der Waals surface area contributed by atoms with Gasteiger partial charge in [0.2, 0.25) is 0 Å². The molecule has 1 N–H and O–H groups in total. The molecule has 0 saturated heterocycles. The first-order chi connectivity index (χ1) is 10.5. The van der Waals surface area contributed by atoms with E-state index in [2.05, 4.69) is 21.2 Å². The van der Waals surface area contributed by atoms with Gasteiger partial charge in [-0.05, 0) is 42.8 Å². The summed E-state index contributed by atoms with van der Waals surface area (Å²) in [5, 5.41) is 3.17. The summed E-state index contributed by atoms with van der Waals surface area (Å²) >= 11 is 9.51. The van der Waals surface area contributed by atoms with Crippen LogP contribution < -0.4 is 14.8 Å². The summed E-state index contributed by atoms with van der Waals surface area (Å²) in [7, 11) is 2.99. The number of carbonyl (C=O) groups is 1. The number of nitrogens with one attached hydrogen (secondary N) is 1. The average Bonchev–Trinajstić information content (AvgIpc) is 2.49. The fourth-order valence-electron chi connectivity index (χ4n) is 2.01. The van der Waals surface area contributed by atoms with Crippen molar-refractivity contribution >= 4 is 39.1 Å². The Morgan fingerprint density at radius 2 is 1.91 bits per heavy atom. The van der Waals surface area contributed by atoms with Crippen LogP contribution in [-0.2, 0) is 0 Å². The Morgan fingerprint density at radius 3 is 2.50 bits per heavy atom. The number of benzene rings is 2. The highest BCUT2D eigenvalue weighted by molar-refractivity contribution is 9.10. The molecule has 2 aromatic carbocycles. The van der Waals surface area contributed by atoms with Gasteiger partial charge in [0.1, 0.15) is 0 Å². The van der Waals surface area contributed by atoms with E-state index in [9.17, 15) is 4.79 Å². The van der Waals surface area contributed by atoms with E-state index in [-0.39, 0.29) is 5.91 Å². The van der Waals surface area contributed by atoms with Crippen LogP contribution in [-0.4, -0.2) is 20.1 Å². The van der Waals surface area contributed by atoms with Gasteiger partial charge < -0.3 is 14.8 Å². The summed E-state index contributed by atoms with van der Waals surface area (Å²) in [6, 6.07) is 8.77. The Kier molecular flexibility index (Phi) is 5.32. The van der Waals surface area contributed by atoms with Gasteiger partial charge in [-0.15, -0.1) is 0 Å². The van der Waals surface area contributed by atoms with Crippen molar-refractivity contribution in [2.75, 3.05) is 19.5 Å². The van der Waals surface area contributed by atoms with Crippen molar-refractivity contribution < 1.29 is 14.3 Å². The van der Waals surface area contributed by atoms with Gasteiger partial charge >= 0.3 is 0 Å². The molecule has 0 spiro atoms. The second-order valence-electron chi connectivity index (χ2n) is 4.61. The van der Waals surface area contributed by atoms with Crippen LogP contribution in [0.25, 0.3) is 0 Å². The van der Waals surface area contributed by atoms with Crippen molar-refractivity contribution in [3.8, 4) is 11.5 Å². The van der Waals surface area contributed by atoms with Crippen molar-refractivity contribution in [2.45, 2.75) is 6.92 Å². The van der Waals surface area contributed by atoms with Gasteiger partial charge in [-0.1, -0.05) is 27.5 Å². The molecule has 6 heteroatoms. The number of rotatable bonds is 4. The SMILES string of the molecule is COc1cc(C(=O)Nc2ccc(Br)cc2C)cc(Cl)c1OC. The second kappa shape index (κ2) is 7.03. The minimum absolute atomic E-state index is 0.270. The number of aryl methyl sites for hydroxylation is 1. The fraction of sp³-hybridized carbons (Fsp3) is 0.188. The number of halogens is 2. The maximum Gasteiger partial charge on any atom is 0.255 e. The standard InChI is InChI=1S/C16H15BrClNO3/c1-9-6-11(17)4-5-13(9)19-16(20)10-7-12(18)15(22-3)14(8-10)21-2/h4-8H,1-3H3,(H,19,20). The van der Waals surface area contributed by atoms with Gasteiger partial charge in [-0.2, -0.15) is 0 Å². The predicted octanol–water partition coefficient (Wildman–Crippen LogP) is 4.68. The maximum atomic E-state index is 12.4. The molecule has 0 aliphatic rings. The van der Waals surface area contributed by atoms with Crippen molar-refractivity contribution in [3.63, 3.8) is 0 Å². The monoisotopic (exact) mass is 383 g/mol. The Labute approximate surface area is 142 Å².